The smallest absolute Gasteiger partial charge is 0.185 e. The van der Waals surface area contributed by atoms with Crippen LogP contribution in [0.25, 0.3) is 0 Å². The molecule has 10 heteroatoms. The van der Waals surface area contributed by atoms with Gasteiger partial charge in [-0.2, -0.15) is 0 Å². The second-order valence-electron chi connectivity index (χ2n) is 5.72. The first kappa shape index (κ1) is 18.5. The van der Waals surface area contributed by atoms with Gasteiger partial charge in [0, 0.05) is 12.2 Å². The molecule has 1 aromatic heterocycles. The lowest BCUT2D eigenvalue weighted by Crippen LogP contribution is -2.25. The van der Waals surface area contributed by atoms with Crippen molar-refractivity contribution in [3.63, 3.8) is 0 Å². The predicted octanol–water partition coefficient (Wildman–Crippen LogP) is 1.67. The van der Waals surface area contributed by atoms with E-state index in [9.17, 15) is 14.4 Å². The van der Waals surface area contributed by atoms with Gasteiger partial charge in [0.05, 0.1) is 6.04 Å². The van der Waals surface area contributed by atoms with E-state index in [4.69, 9.17) is 9.74 Å². The van der Waals surface area contributed by atoms with Crippen molar-refractivity contribution in [3.8, 4) is 0 Å². The Balaban J connectivity index is 1.68. The second kappa shape index (κ2) is 8.39. The Kier molecular flexibility index (Phi) is 5.96. The first-order valence-corrected chi connectivity index (χ1v) is 8.95. The summed E-state index contributed by atoms with van der Waals surface area (Å²) in [6.07, 6.45) is 1.47. The normalized spacial score (nSPS) is 16.1. The molecule has 0 radical (unpaired) electrons. The molecule has 26 heavy (non-hydrogen) atoms. The van der Waals surface area contributed by atoms with Gasteiger partial charge in [-0.05, 0) is 46.4 Å². The monoisotopic (exact) mass is 380 g/mol. The highest BCUT2D eigenvalue weighted by atomic mass is 32.2. The number of hydrogen-bond donors (Lipinski definition) is 3. The van der Waals surface area contributed by atoms with Crippen LogP contribution in [0.4, 0.5) is 4.39 Å². The minimum atomic E-state index is -0.462. The van der Waals surface area contributed by atoms with E-state index >= 15 is 0 Å². The Morgan fingerprint density at radius 1 is 1.46 bits per heavy atom. The van der Waals surface area contributed by atoms with Crippen LogP contribution in [0.1, 0.15) is 35.7 Å². The van der Waals surface area contributed by atoms with Crippen LogP contribution in [0.3, 0.4) is 0 Å². The maximum Gasteiger partial charge on any atom is 0.185 e. The molecule has 0 unspecified atom stereocenters. The number of aliphatic hydroxyl groups is 1. The molecule has 3 rings (SSSR count). The van der Waals surface area contributed by atoms with Gasteiger partial charge < -0.3 is 5.11 Å². The van der Waals surface area contributed by atoms with E-state index in [1.54, 1.807) is 6.07 Å². The summed E-state index contributed by atoms with van der Waals surface area (Å²) >= 11 is 1.30. The van der Waals surface area contributed by atoms with Crippen LogP contribution in [0, 0.1) is 5.82 Å². The molecule has 0 spiro atoms. The lowest BCUT2D eigenvalue weighted by Gasteiger charge is -2.27. The van der Waals surface area contributed by atoms with E-state index in [2.05, 4.69) is 15.3 Å². The van der Waals surface area contributed by atoms with Gasteiger partial charge in [-0.3, -0.25) is 20.5 Å². The number of aromatic nitrogens is 2. The lowest BCUT2D eigenvalue weighted by molar-refractivity contribution is -0.121. The number of aliphatic imine (C=N–C) groups is 1. The highest BCUT2D eigenvalue weighted by Crippen LogP contribution is 2.37. The SMILES string of the molecule is O=C(CO)CCCSc1nonc1C(=N[C@H]1Cc2ccc(F)cc21)NO. The number of fused-ring (bicyclic) bond motifs is 1. The molecule has 1 heterocycles. The standard InChI is InChI=1S/C16H17FN4O4S/c17-10-4-3-9-6-13(12(9)7-10)18-15(19-24)14-16(21-25-20-14)26-5-1-2-11(23)8-22/h3-4,7,13,22,24H,1-2,5-6,8H2,(H,18,19)/t13-/m0/s1. The summed E-state index contributed by atoms with van der Waals surface area (Å²) in [6.45, 7) is -0.462. The van der Waals surface area contributed by atoms with E-state index in [0.717, 1.165) is 11.1 Å². The van der Waals surface area contributed by atoms with E-state index in [1.165, 1.54) is 23.9 Å². The maximum atomic E-state index is 13.4. The Morgan fingerprint density at radius 2 is 2.31 bits per heavy atom. The minimum Gasteiger partial charge on any atom is -0.389 e. The summed E-state index contributed by atoms with van der Waals surface area (Å²) in [4.78, 5) is 15.5. The zero-order valence-corrected chi connectivity index (χ0v) is 14.5. The zero-order valence-electron chi connectivity index (χ0n) is 13.7. The van der Waals surface area contributed by atoms with Gasteiger partial charge in [-0.1, -0.05) is 6.07 Å². The van der Waals surface area contributed by atoms with E-state index in [0.29, 0.717) is 23.6 Å². The first-order valence-electron chi connectivity index (χ1n) is 7.97. The Hall–Kier alpha value is -2.30. The number of hydrogen-bond acceptors (Lipinski definition) is 8. The van der Waals surface area contributed by atoms with Crippen molar-refractivity contribution in [2.75, 3.05) is 12.4 Å². The molecule has 8 nitrogen and oxygen atoms in total. The third-order valence-electron chi connectivity index (χ3n) is 3.97. The molecule has 0 aliphatic heterocycles. The molecule has 0 fully saturated rings. The fourth-order valence-corrected chi connectivity index (χ4v) is 3.44. The van der Waals surface area contributed by atoms with E-state index in [-0.39, 0.29) is 35.6 Å². The van der Waals surface area contributed by atoms with Gasteiger partial charge in [-0.15, -0.1) is 11.8 Å². The van der Waals surface area contributed by atoms with Crippen molar-refractivity contribution in [2.45, 2.75) is 30.3 Å². The molecule has 1 aliphatic carbocycles. The maximum absolute atomic E-state index is 13.4. The first-order chi connectivity index (χ1) is 12.6. The summed E-state index contributed by atoms with van der Waals surface area (Å²) in [7, 11) is 0. The number of benzene rings is 1. The van der Waals surface area contributed by atoms with Gasteiger partial charge in [0.15, 0.2) is 22.3 Å². The van der Waals surface area contributed by atoms with Crippen LogP contribution in [0.2, 0.25) is 0 Å². The lowest BCUT2D eigenvalue weighted by atomic mass is 9.83. The average Bonchev–Trinajstić information content (AvgIpc) is 3.09. The van der Waals surface area contributed by atoms with Gasteiger partial charge in [0.1, 0.15) is 12.4 Å². The van der Waals surface area contributed by atoms with Crippen molar-refractivity contribution in [1.29, 1.82) is 0 Å². The number of hydroxylamine groups is 1. The molecule has 0 bridgehead atoms. The quantitative estimate of drug-likeness (QED) is 0.208. The van der Waals surface area contributed by atoms with Crippen molar-refractivity contribution >= 4 is 23.4 Å². The van der Waals surface area contributed by atoms with E-state index < -0.39 is 6.61 Å². The molecule has 138 valence electrons. The number of carbonyl (C=O) groups is 1. The van der Waals surface area contributed by atoms with Gasteiger partial charge in [0.25, 0.3) is 0 Å². The largest absolute Gasteiger partial charge is 0.389 e. The number of aliphatic hydroxyl groups excluding tert-OH is 1. The second-order valence-corrected chi connectivity index (χ2v) is 6.80. The Labute approximate surface area is 152 Å². The number of nitrogens with zero attached hydrogens (tertiary/aromatic N) is 3. The molecule has 2 aromatic rings. The molecular formula is C16H17FN4O4S. The fraction of sp³-hybridized carbons (Fsp3) is 0.375. The number of thioether (sulfide) groups is 1. The number of rotatable bonds is 8. The fourth-order valence-electron chi connectivity index (χ4n) is 2.60. The van der Waals surface area contributed by atoms with Crippen molar-refractivity contribution in [2.24, 2.45) is 4.99 Å². The van der Waals surface area contributed by atoms with Crippen LogP contribution >= 0.6 is 11.8 Å². The molecule has 1 aliphatic rings. The number of amidine groups is 1. The van der Waals surface area contributed by atoms with Crippen molar-refractivity contribution < 1.29 is 24.1 Å². The van der Waals surface area contributed by atoms with Gasteiger partial charge in [-0.25, -0.2) is 9.02 Å². The zero-order chi connectivity index (χ0) is 18.5. The Bertz CT molecular complexity index is 826. The number of ketones is 1. The molecule has 0 saturated carbocycles. The number of nitrogens with one attached hydrogen (secondary N) is 1. The number of carbonyl (C=O) groups excluding carboxylic acids is 1. The minimum absolute atomic E-state index is 0.0834. The number of Topliss-reactive ketones (excluding diaryl/α,β-unsaturated/α-hetero) is 1. The summed E-state index contributed by atoms with van der Waals surface area (Å²) in [5, 5.41) is 26.1. The summed E-state index contributed by atoms with van der Waals surface area (Å²) in [5.41, 5.74) is 4.03. The van der Waals surface area contributed by atoms with Crippen molar-refractivity contribution in [3.05, 3.63) is 40.8 Å². The summed E-state index contributed by atoms with van der Waals surface area (Å²) in [6, 6.07) is 4.26. The van der Waals surface area contributed by atoms with Crippen molar-refractivity contribution in [1.82, 2.24) is 15.8 Å². The molecule has 3 N–H and O–H groups in total. The summed E-state index contributed by atoms with van der Waals surface area (Å²) < 4.78 is 18.1. The topological polar surface area (TPSA) is 121 Å². The van der Waals surface area contributed by atoms with Crippen LogP contribution < -0.4 is 5.48 Å². The van der Waals surface area contributed by atoms with Crippen LogP contribution in [0.5, 0.6) is 0 Å². The predicted molar refractivity (Wildman–Crippen MR) is 90.7 cm³/mol. The van der Waals surface area contributed by atoms with Gasteiger partial charge in [0.2, 0.25) is 0 Å². The van der Waals surface area contributed by atoms with E-state index in [1.807, 2.05) is 5.48 Å². The third kappa shape index (κ3) is 4.09. The highest BCUT2D eigenvalue weighted by Gasteiger charge is 2.28. The number of halogens is 1. The molecule has 1 atom stereocenters. The highest BCUT2D eigenvalue weighted by molar-refractivity contribution is 7.99. The Morgan fingerprint density at radius 3 is 3.08 bits per heavy atom. The summed E-state index contributed by atoms with van der Waals surface area (Å²) in [5.74, 6) is 0.0849. The molecule has 1 aromatic carbocycles. The third-order valence-corrected chi connectivity index (χ3v) is 5.00. The average molecular weight is 380 g/mol. The van der Waals surface area contributed by atoms with Crippen LogP contribution in [0.15, 0.2) is 32.8 Å². The molecule has 0 saturated heterocycles. The van der Waals surface area contributed by atoms with Gasteiger partial charge >= 0.3 is 0 Å². The van der Waals surface area contributed by atoms with Crippen LogP contribution in [-0.4, -0.2) is 44.6 Å². The van der Waals surface area contributed by atoms with Crippen LogP contribution in [-0.2, 0) is 11.2 Å². The molecule has 0 amide bonds. The molecular weight excluding hydrogens is 363 g/mol.